The maximum Gasteiger partial charge on any atom is 0.393 e. The topological polar surface area (TPSA) is 52.3 Å². The van der Waals surface area contributed by atoms with Gasteiger partial charge < -0.3 is 10.5 Å². The Bertz CT molecular complexity index is 170. The van der Waals surface area contributed by atoms with Crippen molar-refractivity contribution in [2.45, 2.75) is 19.0 Å². The fourth-order valence-electron chi connectivity index (χ4n) is 0.809. The summed E-state index contributed by atoms with van der Waals surface area (Å²) in [4.78, 5) is 10.5. The van der Waals surface area contributed by atoms with Crippen molar-refractivity contribution < 1.29 is 22.7 Å². The molecule has 0 heterocycles. The fraction of sp³-hybridized carbons (Fsp3) is 0.857. The SMILES string of the molecule is COC(=O)CCC(CN)C(F)(F)F. The Hall–Kier alpha value is -0.780. The normalized spacial score (nSPS) is 13.9. The van der Waals surface area contributed by atoms with Gasteiger partial charge in [-0.3, -0.25) is 4.79 Å². The minimum Gasteiger partial charge on any atom is -0.469 e. The van der Waals surface area contributed by atoms with Crippen LogP contribution in [0.2, 0.25) is 0 Å². The van der Waals surface area contributed by atoms with Crippen LogP contribution in [0.25, 0.3) is 0 Å². The van der Waals surface area contributed by atoms with Gasteiger partial charge in [-0.15, -0.1) is 0 Å². The van der Waals surface area contributed by atoms with Crippen molar-refractivity contribution in [2.24, 2.45) is 11.7 Å². The highest BCUT2D eigenvalue weighted by molar-refractivity contribution is 5.69. The Morgan fingerprint density at radius 1 is 1.54 bits per heavy atom. The van der Waals surface area contributed by atoms with E-state index in [1.807, 2.05) is 0 Å². The summed E-state index contributed by atoms with van der Waals surface area (Å²) in [6.45, 7) is -0.500. The molecule has 78 valence electrons. The van der Waals surface area contributed by atoms with E-state index in [1.54, 1.807) is 0 Å². The predicted molar refractivity (Wildman–Crippen MR) is 39.8 cm³/mol. The molecule has 6 heteroatoms. The second-order valence-corrected chi connectivity index (χ2v) is 2.59. The number of carbonyl (C=O) groups is 1. The summed E-state index contributed by atoms with van der Waals surface area (Å²) >= 11 is 0. The van der Waals surface area contributed by atoms with E-state index < -0.39 is 24.6 Å². The smallest absolute Gasteiger partial charge is 0.393 e. The quantitative estimate of drug-likeness (QED) is 0.689. The molecular weight excluding hydrogens is 187 g/mol. The summed E-state index contributed by atoms with van der Waals surface area (Å²) in [6, 6.07) is 0. The van der Waals surface area contributed by atoms with Crippen LogP contribution >= 0.6 is 0 Å². The molecule has 0 aromatic heterocycles. The lowest BCUT2D eigenvalue weighted by Gasteiger charge is -2.17. The zero-order valence-electron chi connectivity index (χ0n) is 7.23. The van der Waals surface area contributed by atoms with E-state index in [-0.39, 0.29) is 12.8 Å². The predicted octanol–water partition coefficient (Wildman–Crippen LogP) is 1.08. The molecule has 1 atom stereocenters. The van der Waals surface area contributed by atoms with Crippen LogP contribution in [-0.2, 0) is 9.53 Å². The molecule has 0 aliphatic rings. The highest BCUT2D eigenvalue weighted by atomic mass is 19.4. The second kappa shape index (κ2) is 5.06. The number of halogens is 3. The van der Waals surface area contributed by atoms with Crippen molar-refractivity contribution in [3.8, 4) is 0 Å². The lowest BCUT2D eigenvalue weighted by Crippen LogP contribution is -2.30. The van der Waals surface area contributed by atoms with Gasteiger partial charge in [-0.2, -0.15) is 13.2 Å². The molecule has 0 radical (unpaired) electrons. The summed E-state index contributed by atoms with van der Waals surface area (Å²) in [5.74, 6) is -2.27. The van der Waals surface area contributed by atoms with Crippen LogP contribution in [0.4, 0.5) is 13.2 Å². The monoisotopic (exact) mass is 199 g/mol. The maximum atomic E-state index is 12.0. The van der Waals surface area contributed by atoms with Crippen molar-refractivity contribution >= 4 is 5.97 Å². The first-order chi connectivity index (χ1) is 5.91. The van der Waals surface area contributed by atoms with E-state index in [1.165, 1.54) is 0 Å². The van der Waals surface area contributed by atoms with Gasteiger partial charge in [-0.1, -0.05) is 0 Å². The van der Waals surface area contributed by atoms with Crippen molar-refractivity contribution in [2.75, 3.05) is 13.7 Å². The van der Waals surface area contributed by atoms with Gasteiger partial charge in [0.15, 0.2) is 0 Å². The first kappa shape index (κ1) is 12.2. The number of rotatable bonds is 4. The number of esters is 1. The molecule has 13 heavy (non-hydrogen) atoms. The molecule has 0 rings (SSSR count). The zero-order valence-corrected chi connectivity index (χ0v) is 7.23. The van der Waals surface area contributed by atoms with Gasteiger partial charge in [0.25, 0.3) is 0 Å². The molecule has 3 nitrogen and oxygen atoms in total. The third kappa shape index (κ3) is 4.72. The summed E-state index contributed by atoms with van der Waals surface area (Å²) in [6.07, 6.45) is -4.90. The molecule has 0 aromatic rings. The molecule has 0 saturated heterocycles. The third-order valence-electron chi connectivity index (χ3n) is 1.67. The van der Waals surface area contributed by atoms with Crippen LogP contribution in [0.5, 0.6) is 0 Å². The molecule has 0 aromatic carbocycles. The first-order valence-corrected chi connectivity index (χ1v) is 3.75. The van der Waals surface area contributed by atoms with Crippen LogP contribution in [0, 0.1) is 5.92 Å². The van der Waals surface area contributed by atoms with Gasteiger partial charge in [0, 0.05) is 13.0 Å². The maximum absolute atomic E-state index is 12.0. The number of methoxy groups -OCH3 is 1. The van der Waals surface area contributed by atoms with Crippen molar-refractivity contribution in [3.63, 3.8) is 0 Å². The summed E-state index contributed by atoms with van der Waals surface area (Å²) < 4.78 is 40.3. The molecule has 0 amide bonds. The van der Waals surface area contributed by atoms with Crippen LogP contribution < -0.4 is 5.73 Å². The Morgan fingerprint density at radius 3 is 2.38 bits per heavy atom. The minimum atomic E-state index is -4.33. The Labute approximate surface area is 74.0 Å². The number of hydrogen-bond donors (Lipinski definition) is 1. The van der Waals surface area contributed by atoms with Gasteiger partial charge in [-0.25, -0.2) is 0 Å². The Kier molecular flexibility index (Phi) is 4.76. The minimum absolute atomic E-state index is 0.252. The Morgan fingerprint density at radius 2 is 2.08 bits per heavy atom. The van der Waals surface area contributed by atoms with Crippen LogP contribution in [0.3, 0.4) is 0 Å². The van der Waals surface area contributed by atoms with Crippen molar-refractivity contribution in [1.29, 1.82) is 0 Å². The van der Waals surface area contributed by atoms with Gasteiger partial charge in [-0.05, 0) is 6.42 Å². The van der Waals surface area contributed by atoms with Gasteiger partial charge >= 0.3 is 12.1 Å². The van der Waals surface area contributed by atoms with Crippen LogP contribution in [0.1, 0.15) is 12.8 Å². The lowest BCUT2D eigenvalue weighted by molar-refractivity contribution is -0.174. The lowest BCUT2D eigenvalue weighted by atomic mass is 10.0. The van der Waals surface area contributed by atoms with E-state index >= 15 is 0 Å². The van der Waals surface area contributed by atoms with E-state index in [4.69, 9.17) is 5.73 Å². The molecule has 0 aliphatic heterocycles. The fourth-order valence-corrected chi connectivity index (χ4v) is 0.809. The highest BCUT2D eigenvalue weighted by Gasteiger charge is 2.38. The molecular formula is C7H12F3NO2. The van der Waals surface area contributed by atoms with E-state index in [9.17, 15) is 18.0 Å². The average Bonchev–Trinajstić information content (AvgIpc) is 2.02. The largest absolute Gasteiger partial charge is 0.469 e. The standard InChI is InChI=1S/C7H12F3NO2/c1-13-6(12)3-2-5(4-11)7(8,9)10/h5H,2-4,11H2,1H3. The number of alkyl halides is 3. The van der Waals surface area contributed by atoms with E-state index in [2.05, 4.69) is 4.74 Å². The van der Waals surface area contributed by atoms with Crippen molar-refractivity contribution in [1.82, 2.24) is 0 Å². The molecule has 2 N–H and O–H groups in total. The van der Waals surface area contributed by atoms with Crippen LogP contribution in [0.15, 0.2) is 0 Å². The Balaban J connectivity index is 3.93. The number of hydrogen-bond acceptors (Lipinski definition) is 3. The molecule has 0 bridgehead atoms. The number of ether oxygens (including phenoxy) is 1. The molecule has 0 spiro atoms. The van der Waals surface area contributed by atoms with E-state index in [0.717, 1.165) is 7.11 Å². The average molecular weight is 199 g/mol. The molecule has 0 aliphatic carbocycles. The van der Waals surface area contributed by atoms with Gasteiger partial charge in [0.1, 0.15) is 0 Å². The van der Waals surface area contributed by atoms with Crippen molar-refractivity contribution in [3.05, 3.63) is 0 Å². The number of nitrogens with two attached hydrogens (primary N) is 1. The molecule has 1 unspecified atom stereocenters. The van der Waals surface area contributed by atoms with E-state index in [0.29, 0.717) is 0 Å². The second-order valence-electron chi connectivity index (χ2n) is 2.59. The zero-order chi connectivity index (χ0) is 10.5. The third-order valence-corrected chi connectivity index (χ3v) is 1.67. The van der Waals surface area contributed by atoms with Gasteiger partial charge in [0.05, 0.1) is 13.0 Å². The first-order valence-electron chi connectivity index (χ1n) is 3.75. The summed E-state index contributed by atoms with van der Waals surface area (Å²) in [5, 5.41) is 0. The summed E-state index contributed by atoms with van der Waals surface area (Å²) in [7, 11) is 1.13. The molecule has 0 fully saturated rings. The summed E-state index contributed by atoms with van der Waals surface area (Å²) in [5.41, 5.74) is 4.91. The molecule has 0 saturated carbocycles. The van der Waals surface area contributed by atoms with Crippen LogP contribution in [-0.4, -0.2) is 25.8 Å². The van der Waals surface area contributed by atoms with Gasteiger partial charge in [0.2, 0.25) is 0 Å². The highest BCUT2D eigenvalue weighted by Crippen LogP contribution is 2.28. The number of carbonyl (C=O) groups excluding carboxylic acids is 1.